The highest BCUT2D eigenvalue weighted by atomic mass is 28.4. The Morgan fingerprint density at radius 2 is 1.47 bits per heavy atom. The lowest BCUT2D eigenvalue weighted by molar-refractivity contribution is 0.140. The molecule has 1 unspecified atom stereocenters. The second-order valence-corrected chi connectivity index (χ2v) is 9.98. The molecule has 0 spiro atoms. The monoisotopic (exact) mass is 288 g/mol. The van der Waals surface area contributed by atoms with Crippen LogP contribution >= 0.6 is 0 Å². The minimum absolute atomic E-state index is 0.168. The van der Waals surface area contributed by atoms with E-state index in [0.29, 0.717) is 5.92 Å². The minimum Gasteiger partial charge on any atom is -0.394 e. The lowest BCUT2D eigenvalue weighted by atomic mass is 9.94. The molecule has 1 atom stereocenters. The third-order valence-corrected chi connectivity index (χ3v) is 9.67. The lowest BCUT2D eigenvalue weighted by Crippen LogP contribution is -2.54. The quantitative estimate of drug-likeness (QED) is 0.368. The fourth-order valence-electron chi connectivity index (χ4n) is 2.84. The van der Waals surface area contributed by atoms with E-state index < -0.39 is 8.56 Å². The molecule has 3 heteroatoms. The molecule has 0 aromatic carbocycles. The normalized spacial score (nSPS) is 14.7. The van der Waals surface area contributed by atoms with Crippen LogP contribution in [0.4, 0.5) is 0 Å². The van der Waals surface area contributed by atoms with E-state index >= 15 is 0 Å². The average Bonchev–Trinajstić information content (AvgIpc) is 2.38. The summed E-state index contributed by atoms with van der Waals surface area (Å²) in [6.07, 6.45) is 4.97. The van der Waals surface area contributed by atoms with Crippen molar-refractivity contribution in [2.45, 2.75) is 85.2 Å². The van der Waals surface area contributed by atoms with Gasteiger partial charge < -0.3 is 8.85 Å². The standard InChI is InChI=1S/C16H36O2Si/c1-8-12-13-14-19(17-10-3,18-11-4)16(6,7)15(5)9-2/h15H,8-14H2,1-7H3. The fraction of sp³-hybridized carbons (Fsp3) is 1.00. The molecule has 0 aromatic rings. The van der Waals surface area contributed by atoms with E-state index in [1.165, 1.54) is 25.7 Å². The van der Waals surface area contributed by atoms with E-state index in [9.17, 15) is 0 Å². The molecule has 0 amide bonds. The van der Waals surface area contributed by atoms with Gasteiger partial charge in [-0.2, -0.15) is 0 Å². The summed E-state index contributed by atoms with van der Waals surface area (Å²) in [4.78, 5) is 0. The molecule has 19 heavy (non-hydrogen) atoms. The summed E-state index contributed by atoms with van der Waals surface area (Å²) >= 11 is 0. The maximum Gasteiger partial charge on any atom is 0.344 e. The van der Waals surface area contributed by atoms with Crippen LogP contribution in [-0.2, 0) is 8.85 Å². The van der Waals surface area contributed by atoms with E-state index in [4.69, 9.17) is 8.85 Å². The van der Waals surface area contributed by atoms with Gasteiger partial charge in [-0.3, -0.25) is 0 Å². The van der Waals surface area contributed by atoms with Crippen LogP contribution in [0.5, 0.6) is 0 Å². The first-order chi connectivity index (χ1) is 8.91. The smallest absolute Gasteiger partial charge is 0.344 e. The van der Waals surface area contributed by atoms with Crippen LogP contribution in [0, 0.1) is 5.92 Å². The van der Waals surface area contributed by atoms with Crippen molar-refractivity contribution in [2.24, 2.45) is 5.92 Å². The van der Waals surface area contributed by atoms with Crippen LogP contribution in [0.15, 0.2) is 0 Å². The zero-order valence-corrected chi connectivity index (χ0v) is 15.3. The van der Waals surface area contributed by atoms with Crippen LogP contribution < -0.4 is 0 Å². The van der Waals surface area contributed by atoms with Gasteiger partial charge in [-0.15, -0.1) is 0 Å². The van der Waals surface area contributed by atoms with Gasteiger partial charge in [0.1, 0.15) is 0 Å². The van der Waals surface area contributed by atoms with E-state index in [0.717, 1.165) is 19.3 Å². The van der Waals surface area contributed by atoms with Crippen LogP contribution in [0.2, 0.25) is 11.1 Å². The Hall–Kier alpha value is 0.137. The van der Waals surface area contributed by atoms with Gasteiger partial charge >= 0.3 is 8.56 Å². The zero-order valence-electron chi connectivity index (χ0n) is 14.3. The van der Waals surface area contributed by atoms with Crippen molar-refractivity contribution in [3.05, 3.63) is 0 Å². The second kappa shape index (κ2) is 9.14. The summed E-state index contributed by atoms with van der Waals surface area (Å²) in [5.41, 5.74) is 0. The van der Waals surface area contributed by atoms with E-state index in [-0.39, 0.29) is 5.04 Å². The van der Waals surface area contributed by atoms with Crippen LogP contribution in [0.25, 0.3) is 0 Å². The molecular weight excluding hydrogens is 252 g/mol. The Bertz CT molecular complexity index is 223. The van der Waals surface area contributed by atoms with Crippen molar-refractivity contribution in [3.63, 3.8) is 0 Å². The van der Waals surface area contributed by atoms with Gasteiger partial charge in [0.15, 0.2) is 0 Å². The van der Waals surface area contributed by atoms with E-state index in [1.807, 2.05) is 0 Å². The summed E-state index contributed by atoms with van der Waals surface area (Å²) < 4.78 is 12.6. The SMILES string of the molecule is CCCCC[Si](OCC)(OCC)C(C)(C)C(C)CC. The Morgan fingerprint density at radius 3 is 1.84 bits per heavy atom. The highest BCUT2D eigenvalue weighted by Gasteiger charge is 2.53. The summed E-state index contributed by atoms with van der Waals surface area (Å²) in [5, 5.41) is 0.168. The number of rotatable bonds is 11. The third kappa shape index (κ3) is 4.87. The van der Waals surface area contributed by atoms with Crippen molar-refractivity contribution in [1.29, 1.82) is 0 Å². The maximum absolute atomic E-state index is 6.32. The highest BCUT2D eigenvalue weighted by molar-refractivity contribution is 6.70. The lowest BCUT2D eigenvalue weighted by Gasteiger charge is -2.46. The number of unbranched alkanes of at least 4 members (excludes halogenated alkanes) is 2. The van der Waals surface area contributed by atoms with Gasteiger partial charge in [0.2, 0.25) is 0 Å². The Labute approximate surface area is 122 Å². The van der Waals surface area contributed by atoms with Crippen LogP contribution in [-0.4, -0.2) is 21.8 Å². The molecule has 0 fully saturated rings. The molecule has 0 saturated heterocycles. The summed E-state index contributed by atoms with van der Waals surface area (Å²) in [6.45, 7) is 17.4. The van der Waals surface area contributed by atoms with Gasteiger partial charge in [0.25, 0.3) is 0 Å². The van der Waals surface area contributed by atoms with E-state index in [2.05, 4.69) is 48.5 Å². The van der Waals surface area contributed by atoms with Gasteiger partial charge in [-0.05, 0) is 25.8 Å². The average molecular weight is 289 g/mol. The van der Waals surface area contributed by atoms with Crippen molar-refractivity contribution in [2.75, 3.05) is 13.2 Å². The van der Waals surface area contributed by atoms with Crippen molar-refractivity contribution >= 4 is 8.56 Å². The van der Waals surface area contributed by atoms with Crippen LogP contribution in [0.1, 0.15) is 74.1 Å². The molecule has 2 nitrogen and oxygen atoms in total. The molecule has 0 N–H and O–H groups in total. The largest absolute Gasteiger partial charge is 0.394 e. The Morgan fingerprint density at radius 1 is 0.947 bits per heavy atom. The predicted molar refractivity (Wildman–Crippen MR) is 86.8 cm³/mol. The highest BCUT2D eigenvalue weighted by Crippen LogP contribution is 2.49. The Kier molecular flexibility index (Phi) is 9.21. The molecular formula is C16H36O2Si. The molecule has 0 aliphatic heterocycles. The van der Waals surface area contributed by atoms with Gasteiger partial charge in [-0.25, -0.2) is 0 Å². The third-order valence-electron chi connectivity index (χ3n) is 4.69. The topological polar surface area (TPSA) is 18.5 Å². The maximum atomic E-state index is 6.32. The molecule has 0 aliphatic rings. The van der Waals surface area contributed by atoms with Crippen LogP contribution in [0.3, 0.4) is 0 Å². The first-order valence-corrected chi connectivity index (χ1v) is 10.2. The second-order valence-electron chi connectivity index (χ2n) is 6.11. The number of hydrogen-bond acceptors (Lipinski definition) is 2. The van der Waals surface area contributed by atoms with Crippen molar-refractivity contribution in [1.82, 2.24) is 0 Å². The molecule has 0 saturated carbocycles. The fourth-order valence-corrected chi connectivity index (χ4v) is 7.20. The number of hydrogen-bond donors (Lipinski definition) is 0. The summed E-state index contributed by atoms with van der Waals surface area (Å²) in [5.74, 6) is 0.638. The first kappa shape index (κ1) is 19.1. The van der Waals surface area contributed by atoms with Gasteiger partial charge in [-0.1, -0.05) is 60.3 Å². The summed E-state index contributed by atoms with van der Waals surface area (Å²) in [6, 6.07) is 1.14. The zero-order chi connectivity index (χ0) is 14.9. The molecule has 116 valence electrons. The molecule has 0 radical (unpaired) electrons. The minimum atomic E-state index is -2.14. The Balaban J connectivity index is 5.16. The van der Waals surface area contributed by atoms with Gasteiger partial charge in [0.05, 0.1) is 0 Å². The molecule has 0 aliphatic carbocycles. The molecule has 0 bridgehead atoms. The first-order valence-electron chi connectivity index (χ1n) is 8.19. The summed E-state index contributed by atoms with van der Waals surface area (Å²) in [7, 11) is -2.14. The van der Waals surface area contributed by atoms with E-state index in [1.54, 1.807) is 0 Å². The molecule has 0 rings (SSSR count). The van der Waals surface area contributed by atoms with Gasteiger partial charge in [0, 0.05) is 18.3 Å². The van der Waals surface area contributed by atoms with Crippen molar-refractivity contribution in [3.8, 4) is 0 Å². The predicted octanol–water partition coefficient (Wildman–Crippen LogP) is 5.52. The van der Waals surface area contributed by atoms with Crippen molar-refractivity contribution < 1.29 is 8.85 Å². The molecule has 0 heterocycles. The molecule has 0 aromatic heterocycles.